The Labute approximate surface area is 128 Å². The fourth-order valence-electron chi connectivity index (χ4n) is 2.09. The number of sulfonamides is 1. The number of amides is 1. The van der Waals surface area contributed by atoms with E-state index in [1.165, 1.54) is 12.1 Å². The highest BCUT2D eigenvalue weighted by Crippen LogP contribution is 2.28. The molecular formula is C15H14N2O4S. The van der Waals surface area contributed by atoms with Gasteiger partial charge in [0.15, 0.2) is 6.61 Å². The molecule has 7 heteroatoms. The van der Waals surface area contributed by atoms with Crippen molar-refractivity contribution in [3.05, 3.63) is 54.1 Å². The maximum absolute atomic E-state index is 12.1. The van der Waals surface area contributed by atoms with E-state index < -0.39 is 10.0 Å². The lowest BCUT2D eigenvalue weighted by atomic mass is 10.2. The summed E-state index contributed by atoms with van der Waals surface area (Å²) in [5.74, 6) is 0.334. The second kappa shape index (κ2) is 5.78. The molecule has 0 atom stereocenters. The number of nitrogens with one attached hydrogen (secondary N) is 2. The molecule has 0 unspecified atom stereocenters. The fourth-order valence-corrected chi connectivity index (χ4v) is 3.13. The average Bonchev–Trinajstić information content (AvgIpc) is 2.54. The van der Waals surface area contributed by atoms with Gasteiger partial charge in [0.25, 0.3) is 5.91 Å². The molecule has 0 saturated carbocycles. The summed E-state index contributed by atoms with van der Waals surface area (Å²) in [6.45, 7) is 0.105. The molecule has 3 rings (SSSR count). The third-order valence-electron chi connectivity index (χ3n) is 3.20. The number of hydrogen-bond acceptors (Lipinski definition) is 4. The highest BCUT2D eigenvalue weighted by Gasteiger charge is 2.17. The van der Waals surface area contributed by atoms with Crippen LogP contribution in [0, 0.1) is 0 Å². The lowest BCUT2D eigenvalue weighted by molar-refractivity contribution is -0.118. The van der Waals surface area contributed by atoms with Gasteiger partial charge in [0.1, 0.15) is 5.75 Å². The molecule has 0 aliphatic carbocycles. The highest BCUT2D eigenvalue weighted by atomic mass is 32.2. The summed E-state index contributed by atoms with van der Waals surface area (Å²) in [5.41, 5.74) is 1.33. The van der Waals surface area contributed by atoms with E-state index in [1.54, 1.807) is 36.4 Å². The van der Waals surface area contributed by atoms with Crippen LogP contribution in [0.1, 0.15) is 5.56 Å². The molecule has 0 fully saturated rings. The van der Waals surface area contributed by atoms with Gasteiger partial charge in [-0.3, -0.25) is 4.79 Å². The van der Waals surface area contributed by atoms with Gasteiger partial charge < -0.3 is 10.1 Å². The molecule has 0 saturated heterocycles. The van der Waals surface area contributed by atoms with Crippen molar-refractivity contribution in [3.63, 3.8) is 0 Å². The Kier molecular flexibility index (Phi) is 3.82. The molecular weight excluding hydrogens is 304 g/mol. The van der Waals surface area contributed by atoms with E-state index in [9.17, 15) is 13.2 Å². The van der Waals surface area contributed by atoms with Crippen LogP contribution in [0.15, 0.2) is 53.4 Å². The molecule has 0 bridgehead atoms. The molecule has 0 radical (unpaired) electrons. The number of hydrogen-bond donors (Lipinski definition) is 2. The molecule has 1 aliphatic rings. The van der Waals surface area contributed by atoms with E-state index in [0.717, 1.165) is 5.56 Å². The zero-order valence-corrected chi connectivity index (χ0v) is 12.4. The van der Waals surface area contributed by atoms with Gasteiger partial charge in [0.05, 0.1) is 10.6 Å². The van der Waals surface area contributed by atoms with Gasteiger partial charge in [0.2, 0.25) is 10.0 Å². The first-order chi connectivity index (χ1) is 10.5. The Hall–Kier alpha value is -2.38. The Bertz CT molecular complexity index is 804. The number of fused-ring (bicyclic) bond motifs is 1. The Morgan fingerprint density at radius 2 is 1.91 bits per heavy atom. The van der Waals surface area contributed by atoms with Crippen LogP contribution in [0.4, 0.5) is 5.69 Å². The van der Waals surface area contributed by atoms with Crippen LogP contribution in [0.25, 0.3) is 0 Å². The molecule has 114 valence electrons. The lowest BCUT2D eigenvalue weighted by Gasteiger charge is -2.18. The second-order valence-corrected chi connectivity index (χ2v) is 6.57. The third kappa shape index (κ3) is 3.10. The molecule has 6 nitrogen and oxygen atoms in total. The second-order valence-electron chi connectivity index (χ2n) is 4.80. The van der Waals surface area contributed by atoms with Crippen LogP contribution in [-0.4, -0.2) is 20.9 Å². The molecule has 1 amide bonds. The predicted octanol–water partition coefficient (Wildman–Crippen LogP) is 1.50. The van der Waals surface area contributed by atoms with Crippen molar-refractivity contribution in [1.82, 2.24) is 4.72 Å². The summed E-state index contributed by atoms with van der Waals surface area (Å²) >= 11 is 0. The van der Waals surface area contributed by atoms with Crippen molar-refractivity contribution in [2.45, 2.75) is 11.4 Å². The zero-order valence-electron chi connectivity index (χ0n) is 11.6. The van der Waals surface area contributed by atoms with Crippen LogP contribution >= 0.6 is 0 Å². The van der Waals surface area contributed by atoms with Gasteiger partial charge in [-0.25, -0.2) is 13.1 Å². The van der Waals surface area contributed by atoms with E-state index in [1.807, 2.05) is 0 Å². The third-order valence-corrected chi connectivity index (χ3v) is 4.62. The van der Waals surface area contributed by atoms with E-state index in [0.29, 0.717) is 11.4 Å². The SMILES string of the molecule is O=C1COc2cc(CNS(=O)(=O)c3ccccc3)ccc2N1. The molecule has 2 aromatic rings. The summed E-state index contributed by atoms with van der Waals surface area (Å²) < 4.78 is 32.1. The van der Waals surface area contributed by atoms with Crippen molar-refractivity contribution in [3.8, 4) is 5.75 Å². The van der Waals surface area contributed by atoms with Crippen molar-refractivity contribution in [2.24, 2.45) is 0 Å². The van der Waals surface area contributed by atoms with Crippen LogP contribution in [0.2, 0.25) is 0 Å². The monoisotopic (exact) mass is 318 g/mol. The first-order valence-electron chi connectivity index (χ1n) is 6.65. The zero-order chi connectivity index (χ0) is 15.6. The van der Waals surface area contributed by atoms with Gasteiger partial charge in [-0.2, -0.15) is 0 Å². The molecule has 2 aromatic carbocycles. The minimum absolute atomic E-state index is 0.0355. The topological polar surface area (TPSA) is 84.5 Å². The van der Waals surface area contributed by atoms with Gasteiger partial charge in [-0.1, -0.05) is 24.3 Å². The van der Waals surface area contributed by atoms with Crippen LogP contribution < -0.4 is 14.8 Å². The van der Waals surface area contributed by atoms with Gasteiger partial charge in [-0.15, -0.1) is 0 Å². The number of benzene rings is 2. The average molecular weight is 318 g/mol. The molecule has 1 heterocycles. The minimum Gasteiger partial charge on any atom is -0.482 e. The van der Waals surface area contributed by atoms with Crippen molar-refractivity contribution in [1.29, 1.82) is 0 Å². The van der Waals surface area contributed by atoms with Crippen LogP contribution in [0.5, 0.6) is 5.75 Å². The van der Waals surface area contributed by atoms with E-state index in [4.69, 9.17) is 4.74 Å². The molecule has 2 N–H and O–H groups in total. The van der Waals surface area contributed by atoms with Crippen LogP contribution in [0.3, 0.4) is 0 Å². The van der Waals surface area contributed by atoms with Gasteiger partial charge in [0, 0.05) is 6.54 Å². The summed E-state index contributed by atoms with van der Waals surface area (Å²) in [4.78, 5) is 11.4. The fraction of sp³-hybridized carbons (Fsp3) is 0.133. The number of ether oxygens (including phenoxy) is 1. The van der Waals surface area contributed by atoms with Crippen molar-refractivity contribution < 1.29 is 17.9 Å². The Morgan fingerprint density at radius 3 is 2.68 bits per heavy atom. The standard InChI is InChI=1S/C15H14N2O4S/c18-15-10-21-14-8-11(6-7-13(14)17-15)9-16-22(19,20)12-4-2-1-3-5-12/h1-8,16H,9-10H2,(H,17,18). The maximum Gasteiger partial charge on any atom is 0.262 e. The highest BCUT2D eigenvalue weighted by molar-refractivity contribution is 7.89. The van der Waals surface area contributed by atoms with Crippen LogP contribution in [-0.2, 0) is 21.4 Å². The molecule has 1 aliphatic heterocycles. The van der Waals surface area contributed by atoms with Crippen molar-refractivity contribution >= 4 is 21.6 Å². The van der Waals surface area contributed by atoms with E-state index in [-0.39, 0.29) is 24.0 Å². The maximum atomic E-state index is 12.1. The quantitative estimate of drug-likeness (QED) is 0.894. The largest absolute Gasteiger partial charge is 0.482 e. The number of carbonyl (C=O) groups excluding carboxylic acids is 1. The minimum atomic E-state index is -3.55. The predicted molar refractivity (Wildman–Crippen MR) is 81.0 cm³/mol. The van der Waals surface area contributed by atoms with E-state index >= 15 is 0 Å². The first kappa shape index (κ1) is 14.6. The smallest absolute Gasteiger partial charge is 0.262 e. The molecule has 0 spiro atoms. The van der Waals surface area contributed by atoms with E-state index in [2.05, 4.69) is 10.0 Å². The summed E-state index contributed by atoms with van der Waals surface area (Å²) in [6.07, 6.45) is 0. The summed E-state index contributed by atoms with van der Waals surface area (Å²) in [7, 11) is -3.55. The van der Waals surface area contributed by atoms with Gasteiger partial charge in [-0.05, 0) is 29.8 Å². The number of rotatable bonds is 4. The molecule has 22 heavy (non-hydrogen) atoms. The summed E-state index contributed by atoms with van der Waals surface area (Å²) in [5, 5.41) is 2.68. The lowest BCUT2D eigenvalue weighted by Crippen LogP contribution is -2.26. The number of carbonyl (C=O) groups is 1. The normalized spacial score (nSPS) is 13.9. The first-order valence-corrected chi connectivity index (χ1v) is 8.13. The van der Waals surface area contributed by atoms with Gasteiger partial charge >= 0.3 is 0 Å². The van der Waals surface area contributed by atoms with Crippen molar-refractivity contribution in [2.75, 3.05) is 11.9 Å². The molecule has 0 aromatic heterocycles. The Balaban J connectivity index is 1.73. The summed E-state index contributed by atoms with van der Waals surface area (Å²) in [6, 6.07) is 13.3. The number of anilines is 1. The Morgan fingerprint density at radius 1 is 1.14 bits per heavy atom.